The van der Waals surface area contributed by atoms with E-state index < -0.39 is 0 Å². The molecule has 0 radical (unpaired) electrons. The van der Waals surface area contributed by atoms with Crippen molar-refractivity contribution in [3.05, 3.63) is 23.8 Å². The molecule has 0 atom stereocenters. The molecule has 3 rings (SSSR count). The highest BCUT2D eigenvalue weighted by Crippen LogP contribution is 2.38. The van der Waals surface area contributed by atoms with Gasteiger partial charge in [0.25, 0.3) is 0 Å². The fourth-order valence-electron chi connectivity index (χ4n) is 4.05. The summed E-state index contributed by atoms with van der Waals surface area (Å²) in [6.45, 7) is 3.56. The van der Waals surface area contributed by atoms with Crippen LogP contribution in [0, 0.1) is 0 Å². The van der Waals surface area contributed by atoms with Crippen molar-refractivity contribution in [2.45, 2.75) is 31.7 Å². The van der Waals surface area contributed by atoms with E-state index in [2.05, 4.69) is 4.90 Å². The van der Waals surface area contributed by atoms with Crippen LogP contribution in [0.4, 0.5) is 0 Å². The van der Waals surface area contributed by atoms with Crippen molar-refractivity contribution in [2.75, 3.05) is 47.5 Å². The molecule has 0 aromatic heterocycles. The fourth-order valence-corrected chi connectivity index (χ4v) is 4.05. The summed E-state index contributed by atoms with van der Waals surface area (Å²) >= 11 is 0. The van der Waals surface area contributed by atoms with Crippen LogP contribution in [0.3, 0.4) is 0 Å². The van der Waals surface area contributed by atoms with Crippen LogP contribution >= 0.6 is 0 Å². The zero-order chi connectivity index (χ0) is 19.2. The maximum Gasteiger partial charge on any atom is 0.246 e. The highest BCUT2D eigenvalue weighted by atomic mass is 16.5. The number of nitrogens with zero attached hydrogens (tertiary/aromatic N) is 2. The lowest BCUT2D eigenvalue weighted by Crippen LogP contribution is -2.51. The number of carbonyl (C=O) groups is 1. The minimum Gasteiger partial charge on any atom is -0.493 e. The molecule has 0 unspecified atom stereocenters. The Morgan fingerprint density at radius 3 is 2.07 bits per heavy atom. The first-order valence-electron chi connectivity index (χ1n) is 9.67. The average Bonchev–Trinajstić information content (AvgIpc) is 3.26. The van der Waals surface area contributed by atoms with Gasteiger partial charge in [0.1, 0.15) is 0 Å². The zero-order valence-electron chi connectivity index (χ0n) is 16.6. The first-order valence-corrected chi connectivity index (χ1v) is 9.67. The van der Waals surface area contributed by atoms with Crippen molar-refractivity contribution >= 4 is 12.0 Å². The van der Waals surface area contributed by atoms with Crippen molar-refractivity contribution < 1.29 is 19.0 Å². The van der Waals surface area contributed by atoms with E-state index in [0.717, 1.165) is 37.8 Å². The molecular weight excluding hydrogens is 344 g/mol. The number of methoxy groups -OCH3 is 3. The molecule has 1 saturated carbocycles. The van der Waals surface area contributed by atoms with Gasteiger partial charge in [-0.25, -0.2) is 0 Å². The minimum absolute atomic E-state index is 0.0508. The second kappa shape index (κ2) is 9.13. The normalized spacial score (nSPS) is 18.9. The molecular formula is C21H30N2O4. The Morgan fingerprint density at radius 2 is 1.56 bits per heavy atom. The van der Waals surface area contributed by atoms with Gasteiger partial charge in [0, 0.05) is 38.3 Å². The molecule has 1 amide bonds. The van der Waals surface area contributed by atoms with Crippen LogP contribution in [0.1, 0.15) is 31.2 Å². The third-order valence-corrected chi connectivity index (χ3v) is 5.57. The first-order chi connectivity index (χ1) is 13.2. The monoisotopic (exact) mass is 374 g/mol. The molecule has 0 bridgehead atoms. The van der Waals surface area contributed by atoms with Crippen LogP contribution in [-0.2, 0) is 4.79 Å². The smallest absolute Gasteiger partial charge is 0.246 e. The third-order valence-electron chi connectivity index (χ3n) is 5.57. The van der Waals surface area contributed by atoms with Gasteiger partial charge in [-0.05, 0) is 36.6 Å². The number of benzene rings is 1. The van der Waals surface area contributed by atoms with Crippen molar-refractivity contribution in [3.8, 4) is 17.2 Å². The molecule has 1 saturated heterocycles. The second-order valence-electron chi connectivity index (χ2n) is 7.09. The molecule has 2 aliphatic rings. The molecule has 6 heteroatoms. The highest BCUT2D eigenvalue weighted by Gasteiger charge is 2.27. The van der Waals surface area contributed by atoms with Gasteiger partial charge in [-0.3, -0.25) is 9.69 Å². The van der Waals surface area contributed by atoms with Gasteiger partial charge in [-0.2, -0.15) is 0 Å². The molecule has 1 aromatic carbocycles. The zero-order valence-corrected chi connectivity index (χ0v) is 16.6. The third kappa shape index (κ3) is 4.56. The maximum atomic E-state index is 12.6. The van der Waals surface area contributed by atoms with Gasteiger partial charge in [0.2, 0.25) is 11.7 Å². The Bertz CT molecular complexity index is 650. The number of hydrogen-bond donors (Lipinski definition) is 0. The summed E-state index contributed by atoms with van der Waals surface area (Å²) in [5.41, 5.74) is 0.836. The average molecular weight is 374 g/mol. The Hall–Kier alpha value is -2.21. The summed E-state index contributed by atoms with van der Waals surface area (Å²) in [7, 11) is 4.74. The molecule has 6 nitrogen and oxygen atoms in total. The van der Waals surface area contributed by atoms with E-state index >= 15 is 0 Å². The lowest BCUT2D eigenvalue weighted by Gasteiger charge is -2.37. The van der Waals surface area contributed by atoms with E-state index in [1.807, 2.05) is 17.0 Å². The summed E-state index contributed by atoms with van der Waals surface area (Å²) in [5, 5.41) is 0. The van der Waals surface area contributed by atoms with Crippen LogP contribution in [0.2, 0.25) is 0 Å². The van der Waals surface area contributed by atoms with E-state index in [9.17, 15) is 4.79 Å². The fraction of sp³-hybridized carbons (Fsp3) is 0.571. The number of amides is 1. The molecule has 1 aliphatic carbocycles. The van der Waals surface area contributed by atoms with Crippen molar-refractivity contribution in [1.82, 2.24) is 9.80 Å². The van der Waals surface area contributed by atoms with Crippen molar-refractivity contribution in [1.29, 1.82) is 0 Å². The van der Waals surface area contributed by atoms with Crippen LogP contribution in [-0.4, -0.2) is 69.3 Å². The van der Waals surface area contributed by atoms with Gasteiger partial charge in [0.05, 0.1) is 21.3 Å². The lowest BCUT2D eigenvalue weighted by molar-refractivity contribution is -0.127. The van der Waals surface area contributed by atoms with Gasteiger partial charge in [-0.15, -0.1) is 0 Å². The number of rotatable bonds is 6. The summed E-state index contributed by atoms with van der Waals surface area (Å²) in [4.78, 5) is 17.1. The first kappa shape index (κ1) is 19.5. The Labute approximate surface area is 161 Å². The van der Waals surface area contributed by atoms with E-state index in [4.69, 9.17) is 14.2 Å². The molecule has 27 heavy (non-hydrogen) atoms. The molecule has 0 N–H and O–H groups in total. The summed E-state index contributed by atoms with van der Waals surface area (Å²) in [5.74, 6) is 1.75. The maximum absolute atomic E-state index is 12.6. The van der Waals surface area contributed by atoms with Crippen molar-refractivity contribution in [2.24, 2.45) is 0 Å². The van der Waals surface area contributed by atoms with Crippen LogP contribution in [0.5, 0.6) is 17.2 Å². The van der Waals surface area contributed by atoms with Gasteiger partial charge < -0.3 is 19.1 Å². The summed E-state index contributed by atoms with van der Waals surface area (Å²) in [6, 6.07) is 4.41. The van der Waals surface area contributed by atoms with Gasteiger partial charge in [-0.1, -0.05) is 12.8 Å². The molecule has 1 aromatic rings. The van der Waals surface area contributed by atoms with Crippen LogP contribution < -0.4 is 14.2 Å². The summed E-state index contributed by atoms with van der Waals surface area (Å²) < 4.78 is 16.1. The molecule has 148 valence electrons. The molecule has 2 fully saturated rings. The number of carbonyl (C=O) groups excluding carboxylic acids is 1. The van der Waals surface area contributed by atoms with Gasteiger partial charge in [0.15, 0.2) is 11.5 Å². The van der Waals surface area contributed by atoms with E-state index in [1.165, 1.54) is 25.7 Å². The Balaban J connectivity index is 1.61. The number of hydrogen-bond acceptors (Lipinski definition) is 5. The van der Waals surface area contributed by atoms with Crippen LogP contribution in [0.15, 0.2) is 18.2 Å². The van der Waals surface area contributed by atoms with Gasteiger partial charge >= 0.3 is 0 Å². The van der Waals surface area contributed by atoms with E-state index in [0.29, 0.717) is 17.2 Å². The topological polar surface area (TPSA) is 51.2 Å². The standard InChI is InChI=1S/C21H30N2O4/c1-25-18-14-16(15-19(26-2)21(18)27-3)8-9-20(24)23-12-10-22(11-13-23)17-6-4-5-7-17/h8-9,14-15,17H,4-7,10-13H2,1-3H3/b9-8+. The van der Waals surface area contributed by atoms with E-state index in [1.54, 1.807) is 33.5 Å². The van der Waals surface area contributed by atoms with E-state index in [-0.39, 0.29) is 5.91 Å². The predicted octanol–water partition coefficient (Wildman–Crippen LogP) is 2.81. The Morgan fingerprint density at radius 1 is 0.963 bits per heavy atom. The number of ether oxygens (including phenoxy) is 3. The summed E-state index contributed by atoms with van der Waals surface area (Å²) in [6.07, 6.45) is 8.76. The lowest BCUT2D eigenvalue weighted by atomic mass is 10.1. The SMILES string of the molecule is COc1cc(/C=C/C(=O)N2CCN(C3CCCC3)CC2)cc(OC)c1OC. The minimum atomic E-state index is 0.0508. The number of piperazine rings is 1. The van der Waals surface area contributed by atoms with Crippen LogP contribution in [0.25, 0.3) is 6.08 Å². The highest BCUT2D eigenvalue weighted by molar-refractivity contribution is 5.92. The Kier molecular flexibility index (Phi) is 6.61. The molecule has 0 spiro atoms. The molecule has 1 aliphatic heterocycles. The predicted molar refractivity (Wildman–Crippen MR) is 106 cm³/mol. The molecule has 1 heterocycles. The van der Waals surface area contributed by atoms with Crippen molar-refractivity contribution in [3.63, 3.8) is 0 Å². The largest absolute Gasteiger partial charge is 0.493 e. The quantitative estimate of drug-likeness (QED) is 0.717. The second-order valence-corrected chi connectivity index (χ2v) is 7.09.